The molecule has 0 radical (unpaired) electrons. The van der Waals surface area contributed by atoms with E-state index in [4.69, 9.17) is 0 Å². The zero-order chi connectivity index (χ0) is 23.9. The van der Waals surface area contributed by atoms with E-state index in [0.717, 1.165) is 27.5 Å². The number of sulfone groups is 1. The minimum atomic E-state index is -3.47. The van der Waals surface area contributed by atoms with E-state index in [-0.39, 0.29) is 34.2 Å². The van der Waals surface area contributed by atoms with Crippen LogP contribution in [0.4, 0.5) is 0 Å². The lowest BCUT2D eigenvalue weighted by atomic mass is 9.99. The van der Waals surface area contributed by atoms with E-state index in [1.165, 1.54) is 0 Å². The van der Waals surface area contributed by atoms with E-state index < -0.39 is 9.84 Å². The molecule has 1 aliphatic carbocycles. The van der Waals surface area contributed by atoms with Gasteiger partial charge in [-0.15, -0.1) is 0 Å². The molecule has 5 nitrogen and oxygen atoms in total. The first kappa shape index (κ1) is 22.4. The summed E-state index contributed by atoms with van der Waals surface area (Å²) < 4.78 is 25.5. The highest BCUT2D eigenvalue weighted by Gasteiger charge is 2.51. The van der Waals surface area contributed by atoms with E-state index >= 15 is 0 Å². The lowest BCUT2D eigenvalue weighted by Crippen LogP contribution is -2.08. The van der Waals surface area contributed by atoms with Crippen LogP contribution in [0.1, 0.15) is 35.2 Å². The Bertz CT molecular complexity index is 1470. The van der Waals surface area contributed by atoms with Crippen LogP contribution in [0.3, 0.4) is 0 Å². The van der Waals surface area contributed by atoms with Gasteiger partial charge < -0.3 is 0 Å². The van der Waals surface area contributed by atoms with Crippen LogP contribution in [0.5, 0.6) is 0 Å². The van der Waals surface area contributed by atoms with Crippen molar-refractivity contribution in [3.8, 4) is 0 Å². The number of ketones is 1. The Balaban J connectivity index is 1.28. The van der Waals surface area contributed by atoms with Crippen molar-refractivity contribution in [2.24, 2.45) is 11.8 Å². The first-order valence-electron chi connectivity index (χ1n) is 11.4. The van der Waals surface area contributed by atoms with Crippen molar-refractivity contribution in [1.82, 2.24) is 9.97 Å². The minimum Gasteiger partial charge on any atom is -0.299 e. The topological polar surface area (TPSA) is 77.0 Å². The van der Waals surface area contributed by atoms with Crippen molar-refractivity contribution in [2.75, 3.05) is 0 Å². The fourth-order valence-electron chi connectivity index (χ4n) is 4.91. The summed E-state index contributed by atoms with van der Waals surface area (Å²) >= 11 is 0. The largest absolute Gasteiger partial charge is 0.299 e. The molecular weight excluding hydrogens is 444 g/mol. The maximum absolute atomic E-state index is 13.1. The molecule has 0 N–H and O–H groups in total. The summed E-state index contributed by atoms with van der Waals surface area (Å²) in [5.41, 5.74) is 3.65. The van der Waals surface area contributed by atoms with Crippen LogP contribution in [0, 0.1) is 18.8 Å². The molecule has 0 aliphatic heterocycles. The monoisotopic (exact) mass is 470 g/mol. The molecule has 2 unspecified atom stereocenters. The molecule has 5 rings (SSSR count). The van der Waals surface area contributed by atoms with Gasteiger partial charge in [-0.25, -0.2) is 8.42 Å². The van der Waals surface area contributed by atoms with Crippen molar-refractivity contribution < 1.29 is 13.2 Å². The van der Waals surface area contributed by atoms with Gasteiger partial charge in [0.2, 0.25) is 0 Å². The summed E-state index contributed by atoms with van der Waals surface area (Å²) in [6.45, 7) is 4.12. The Morgan fingerprint density at radius 3 is 2.53 bits per heavy atom. The number of carbonyl (C=O) groups is 1. The molecule has 2 heterocycles. The van der Waals surface area contributed by atoms with Gasteiger partial charge in [-0.05, 0) is 65.1 Å². The Morgan fingerprint density at radius 1 is 1.00 bits per heavy atom. The summed E-state index contributed by atoms with van der Waals surface area (Å²) in [4.78, 5) is 21.7. The van der Waals surface area contributed by atoms with Gasteiger partial charge in [-0.2, -0.15) is 0 Å². The number of aryl methyl sites for hydroxylation is 1. The first-order valence-corrected chi connectivity index (χ1v) is 13.1. The number of aromatic nitrogens is 2. The standard InChI is InChI=1S/C28H26N2O3S/c1-18-15-29-16-22-7-6-20(13-25(18)22)14-26(31)28-19(2)27(28)21-8-10-24(11-9-21)34(32,33)17-23-5-3-4-12-30-23/h3-13,15-16,19,27-28H,14,17H2,1-2H3/t19?,27?,28-/m0/s1. The number of benzene rings is 2. The molecule has 0 amide bonds. The molecule has 172 valence electrons. The highest BCUT2D eigenvalue weighted by atomic mass is 32.2. The highest BCUT2D eigenvalue weighted by molar-refractivity contribution is 7.90. The molecule has 2 aromatic carbocycles. The van der Waals surface area contributed by atoms with Gasteiger partial charge in [0, 0.05) is 36.3 Å². The highest BCUT2D eigenvalue weighted by Crippen LogP contribution is 2.54. The van der Waals surface area contributed by atoms with Crippen molar-refractivity contribution >= 4 is 26.4 Å². The third kappa shape index (κ3) is 4.38. The normalized spacial score (nSPS) is 19.8. The molecule has 1 saturated carbocycles. The van der Waals surface area contributed by atoms with Gasteiger partial charge in [0.25, 0.3) is 0 Å². The lowest BCUT2D eigenvalue weighted by Gasteiger charge is -2.07. The SMILES string of the molecule is Cc1cncc2ccc(CC(=O)[C@@H]3C(C)C3c3ccc(S(=O)(=O)Cc4ccccn4)cc3)cc12. The molecule has 3 atom stereocenters. The summed E-state index contributed by atoms with van der Waals surface area (Å²) in [6, 6.07) is 18.4. The van der Waals surface area contributed by atoms with Crippen LogP contribution in [0.25, 0.3) is 10.8 Å². The van der Waals surface area contributed by atoms with Crippen molar-refractivity contribution in [3.63, 3.8) is 0 Å². The molecule has 34 heavy (non-hydrogen) atoms. The average molecular weight is 471 g/mol. The smallest absolute Gasteiger partial charge is 0.184 e. The molecule has 1 fully saturated rings. The number of Topliss-reactive ketones (excluding diaryl/α,β-unsaturated/α-hetero) is 1. The molecule has 0 spiro atoms. The van der Waals surface area contributed by atoms with Gasteiger partial charge in [0.15, 0.2) is 9.84 Å². The van der Waals surface area contributed by atoms with Crippen molar-refractivity contribution in [1.29, 1.82) is 0 Å². The number of fused-ring (bicyclic) bond motifs is 1. The predicted octanol–water partition coefficient (Wildman–Crippen LogP) is 5.07. The molecular formula is C28H26N2O3S. The van der Waals surface area contributed by atoms with E-state index in [2.05, 4.69) is 23.0 Å². The molecule has 0 bridgehead atoms. The second kappa shape index (κ2) is 8.76. The number of rotatable bonds is 7. The third-order valence-corrected chi connectivity index (χ3v) is 8.51. The first-order chi connectivity index (χ1) is 16.3. The van der Waals surface area contributed by atoms with Crippen LogP contribution in [-0.2, 0) is 26.8 Å². The maximum Gasteiger partial charge on any atom is 0.184 e. The van der Waals surface area contributed by atoms with Crippen molar-refractivity contribution in [3.05, 3.63) is 102 Å². The summed E-state index contributed by atoms with van der Waals surface area (Å²) in [5.74, 6) is 0.442. The van der Waals surface area contributed by atoms with Crippen LogP contribution < -0.4 is 0 Å². The van der Waals surface area contributed by atoms with Crippen LogP contribution >= 0.6 is 0 Å². The minimum absolute atomic E-state index is 0.0368. The zero-order valence-electron chi connectivity index (χ0n) is 19.2. The molecule has 1 aliphatic rings. The fourth-order valence-corrected chi connectivity index (χ4v) is 6.19. The van der Waals surface area contributed by atoms with E-state index in [1.54, 1.807) is 36.5 Å². The average Bonchev–Trinajstić information content (AvgIpc) is 3.51. The molecule has 6 heteroatoms. The zero-order valence-corrected chi connectivity index (χ0v) is 20.0. The Hall–Kier alpha value is -3.38. The van der Waals surface area contributed by atoms with Crippen LogP contribution in [-0.4, -0.2) is 24.2 Å². The summed E-state index contributed by atoms with van der Waals surface area (Å²) in [7, 11) is -3.47. The van der Waals surface area contributed by atoms with E-state index in [9.17, 15) is 13.2 Å². The second-order valence-corrected chi connectivity index (χ2v) is 11.2. The Morgan fingerprint density at radius 2 is 1.79 bits per heavy atom. The molecule has 2 aromatic heterocycles. The Labute approximate surface area is 199 Å². The Kier molecular flexibility index (Phi) is 5.78. The van der Waals surface area contributed by atoms with Gasteiger partial charge in [0.05, 0.1) is 16.3 Å². The molecule has 4 aromatic rings. The number of carbonyl (C=O) groups excluding carboxylic acids is 1. The van der Waals surface area contributed by atoms with E-state index in [0.29, 0.717) is 12.1 Å². The van der Waals surface area contributed by atoms with Crippen molar-refractivity contribution in [2.45, 2.75) is 36.8 Å². The van der Waals surface area contributed by atoms with Gasteiger partial charge >= 0.3 is 0 Å². The quantitative estimate of drug-likeness (QED) is 0.377. The number of hydrogen-bond acceptors (Lipinski definition) is 5. The number of pyridine rings is 2. The number of hydrogen-bond donors (Lipinski definition) is 0. The second-order valence-electron chi connectivity index (χ2n) is 9.21. The predicted molar refractivity (Wildman–Crippen MR) is 132 cm³/mol. The van der Waals surface area contributed by atoms with Gasteiger partial charge in [-0.3, -0.25) is 14.8 Å². The summed E-state index contributed by atoms with van der Waals surface area (Å²) in [6.07, 6.45) is 5.68. The van der Waals surface area contributed by atoms with Gasteiger partial charge in [0.1, 0.15) is 5.78 Å². The van der Waals surface area contributed by atoms with E-state index in [1.807, 2.05) is 43.6 Å². The lowest BCUT2D eigenvalue weighted by molar-refractivity contribution is -0.119. The number of nitrogens with zero attached hydrogens (tertiary/aromatic N) is 2. The third-order valence-electron chi connectivity index (χ3n) is 6.84. The summed E-state index contributed by atoms with van der Waals surface area (Å²) in [5, 5.41) is 2.20. The van der Waals surface area contributed by atoms with Crippen LogP contribution in [0.2, 0.25) is 0 Å². The van der Waals surface area contributed by atoms with Crippen LogP contribution in [0.15, 0.2) is 84.1 Å². The maximum atomic E-state index is 13.1. The fraction of sp³-hybridized carbons (Fsp3) is 0.250. The van der Waals surface area contributed by atoms with Gasteiger partial charge in [-0.1, -0.05) is 43.3 Å². The molecule has 0 saturated heterocycles.